The first-order chi connectivity index (χ1) is 6.07. The van der Waals surface area contributed by atoms with Gasteiger partial charge >= 0.3 is 0 Å². The van der Waals surface area contributed by atoms with E-state index in [4.69, 9.17) is 17.3 Å². The van der Waals surface area contributed by atoms with Crippen LogP contribution in [-0.2, 0) is 6.42 Å². The van der Waals surface area contributed by atoms with E-state index in [0.717, 1.165) is 12.0 Å². The molecule has 1 aromatic carbocycles. The van der Waals surface area contributed by atoms with Crippen LogP contribution >= 0.6 is 11.6 Å². The van der Waals surface area contributed by atoms with E-state index in [-0.39, 0.29) is 5.78 Å². The molecule has 0 atom stereocenters. The van der Waals surface area contributed by atoms with Gasteiger partial charge in [0, 0.05) is 5.69 Å². The molecule has 0 saturated heterocycles. The highest BCUT2D eigenvalue weighted by Crippen LogP contribution is 2.26. The number of carbonyl (C=O) groups is 1. The average Bonchev–Trinajstić information content (AvgIpc) is 2.04. The third kappa shape index (κ3) is 1.83. The van der Waals surface area contributed by atoms with Crippen LogP contribution in [0.3, 0.4) is 0 Å². The summed E-state index contributed by atoms with van der Waals surface area (Å²) in [6.07, 6.45) is 0.809. The second kappa shape index (κ2) is 3.79. The molecular formula is C10H12ClNO. The number of benzene rings is 1. The summed E-state index contributed by atoms with van der Waals surface area (Å²) in [7, 11) is 0. The van der Waals surface area contributed by atoms with Crippen LogP contribution in [0.2, 0.25) is 5.02 Å². The van der Waals surface area contributed by atoms with Gasteiger partial charge in [-0.15, -0.1) is 0 Å². The molecule has 0 bridgehead atoms. The average molecular weight is 198 g/mol. The van der Waals surface area contributed by atoms with Gasteiger partial charge in [-0.2, -0.15) is 0 Å². The van der Waals surface area contributed by atoms with Crippen molar-refractivity contribution in [1.29, 1.82) is 0 Å². The van der Waals surface area contributed by atoms with Crippen molar-refractivity contribution >= 4 is 23.1 Å². The first-order valence-corrected chi connectivity index (χ1v) is 4.53. The molecular weight excluding hydrogens is 186 g/mol. The van der Waals surface area contributed by atoms with E-state index in [2.05, 4.69) is 0 Å². The van der Waals surface area contributed by atoms with Crippen LogP contribution in [0.1, 0.15) is 29.8 Å². The van der Waals surface area contributed by atoms with Crippen molar-refractivity contribution in [3.63, 3.8) is 0 Å². The summed E-state index contributed by atoms with van der Waals surface area (Å²) >= 11 is 5.85. The summed E-state index contributed by atoms with van der Waals surface area (Å²) < 4.78 is 0. The smallest absolute Gasteiger partial charge is 0.163 e. The number of aryl methyl sites for hydroxylation is 1. The summed E-state index contributed by atoms with van der Waals surface area (Å²) in [5, 5.41) is 0.433. The second-order valence-electron chi connectivity index (χ2n) is 2.90. The van der Waals surface area contributed by atoms with E-state index in [1.54, 1.807) is 6.07 Å². The van der Waals surface area contributed by atoms with Crippen LogP contribution in [0.25, 0.3) is 0 Å². The van der Waals surface area contributed by atoms with E-state index >= 15 is 0 Å². The van der Waals surface area contributed by atoms with Crippen molar-refractivity contribution in [2.24, 2.45) is 0 Å². The van der Waals surface area contributed by atoms with Crippen LogP contribution in [0.15, 0.2) is 12.1 Å². The zero-order chi connectivity index (χ0) is 10.0. The lowest BCUT2D eigenvalue weighted by atomic mass is 10.0. The summed E-state index contributed by atoms with van der Waals surface area (Å²) in [6.45, 7) is 3.46. The molecule has 2 N–H and O–H groups in total. The molecule has 3 heteroatoms. The number of hydrogen-bond acceptors (Lipinski definition) is 2. The number of carbonyl (C=O) groups excluding carboxylic acids is 1. The van der Waals surface area contributed by atoms with E-state index in [0.29, 0.717) is 16.3 Å². The van der Waals surface area contributed by atoms with Gasteiger partial charge in [0.2, 0.25) is 0 Å². The third-order valence-corrected chi connectivity index (χ3v) is 2.33. The van der Waals surface area contributed by atoms with Crippen molar-refractivity contribution in [2.45, 2.75) is 20.3 Å². The Hall–Kier alpha value is -1.02. The van der Waals surface area contributed by atoms with Gasteiger partial charge in [0.1, 0.15) is 0 Å². The summed E-state index contributed by atoms with van der Waals surface area (Å²) in [4.78, 5) is 11.2. The Morgan fingerprint density at radius 2 is 2.15 bits per heavy atom. The Morgan fingerprint density at radius 1 is 1.54 bits per heavy atom. The highest BCUT2D eigenvalue weighted by molar-refractivity contribution is 6.34. The molecule has 0 spiro atoms. The van der Waals surface area contributed by atoms with Crippen LogP contribution in [-0.4, -0.2) is 5.78 Å². The first kappa shape index (κ1) is 10.1. The monoisotopic (exact) mass is 197 g/mol. The fraction of sp³-hybridized carbons (Fsp3) is 0.300. The summed E-state index contributed by atoms with van der Waals surface area (Å²) in [5.41, 5.74) is 7.72. The van der Waals surface area contributed by atoms with Gasteiger partial charge in [-0.25, -0.2) is 0 Å². The second-order valence-corrected chi connectivity index (χ2v) is 3.31. The molecule has 0 saturated carbocycles. The molecule has 2 nitrogen and oxygen atoms in total. The lowest BCUT2D eigenvalue weighted by Crippen LogP contribution is -2.04. The SMILES string of the molecule is CCc1ccc(Cl)c(C(C)=O)c1N. The number of anilines is 1. The molecule has 0 amide bonds. The van der Waals surface area contributed by atoms with Gasteiger partial charge in [0.25, 0.3) is 0 Å². The number of rotatable bonds is 2. The Kier molecular flexibility index (Phi) is 2.94. The van der Waals surface area contributed by atoms with E-state index < -0.39 is 0 Å². The fourth-order valence-electron chi connectivity index (χ4n) is 1.30. The zero-order valence-corrected chi connectivity index (χ0v) is 8.48. The first-order valence-electron chi connectivity index (χ1n) is 4.15. The van der Waals surface area contributed by atoms with Crippen LogP contribution in [0, 0.1) is 0 Å². The molecule has 0 fully saturated rings. The zero-order valence-electron chi connectivity index (χ0n) is 7.73. The van der Waals surface area contributed by atoms with Gasteiger partial charge in [0.15, 0.2) is 5.78 Å². The van der Waals surface area contributed by atoms with Gasteiger partial charge in [-0.1, -0.05) is 24.6 Å². The van der Waals surface area contributed by atoms with Crippen molar-refractivity contribution in [2.75, 3.05) is 5.73 Å². The quantitative estimate of drug-likeness (QED) is 0.585. The molecule has 0 aliphatic rings. The summed E-state index contributed by atoms with van der Waals surface area (Å²) in [6, 6.07) is 3.57. The predicted molar refractivity (Wildman–Crippen MR) is 55.2 cm³/mol. The minimum absolute atomic E-state index is 0.0854. The number of ketones is 1. The Balaban J connectivity index is 3.38. The number of Topliss-reactive ketones (excluding diaryl/α,β-unsaturated/α-hetero) is 1. The van der Waals surface area contributed by atoms with Crippen LogP contribution in [0.5, 0.6) is 0 Å². The van der Waals surface area contributed by atoms with Gasteiger partial charge in [0.05, 0.1) is 10.6 Å². The lowest BCUT2D eigenvalue weighted by molar-refractivity contribution is 0.101. The Bertz CT molecular complexity index is 347. The molecule has 70 valence electrons. The maximum absolute atomic E-state index is 11.2. The summed E-state index contributed by atoms with van der Waals surface area (Å²) in [5.74, 6) is -0.0854. The fourth-order valence-corrected chi connectivity index (χ4v) is 1.60. The maximum Gasteiger partial charge on any atom is 0.163 e. The minimum Gasteiger partial charge on any atom is -0.398 e. The van der Waals surface area contributed by atoms with Crippen LogP contribution in [0.4, 0.5) is 5.69 Å². The van der Waals surface area contributed by atoms with E-state index in [1.807, 2.05) is 13.0 Å². The largest absolute Gasteiger partial charge is 0.398 e. The molecule has 13 heavy (non-hydrogen) atoms. The van der Waals surface area contributed by atoms with Crippen LogP contribution < -0.4 is 5.73 Å². The Morgan fingerprint density at radius 3 is 2.62 bits per heavy atom. The molecule has 0 aliphatic carbocycles. The molecule has 0 heterocycles. The molecule has 0 unspecified atom stereocenters. The van der Waals surface area contributed by atoms with Gasteiger partial charge in [-0.3, -0.25) is 4.79 Å². The lowest BCUT2D eigenvalue weighted by Gasteiger charge is -2.08. The van der Waals surface area contributed by atoms with Gasteiger partial charge in [-0.05, 0) is 25.0 Å². The number of nitrogen functional groups attached to an aromatic ring is 1. The molecule has 0 radical (unpaired) electrons. The molecule has 0 aromatic heterocycles. The van der Waals surface area contributed by atoms with E-state index in [9.17, 15) is 4.79 Å². The minimum atomic E-state index is -0.0854. The normalized spacial score (nSPS) is 10.1. The number of halogens is 1. The van der Waals surface area contributed by atoms with Crippen molar-refractivity contribution in [1.82, 2.24) is 0 Å². The topological polar surface area (TPSA) is 43.1 Å². The molecule has 1 aromatic rings. The number of hydrogen-bond donors (Lipinski definition) is 1. The number of nitrogens with two attached hydrogens (primary N) is 1. The highest BCUT2D eigenvalue weighted by Gasteiger charge is 2.12. The molecule has 1 rings (SSSR count). The van der Waals surface area contributed by atoms with Crippen molar-refractivity contribution < 1.29 is 4.79 Å². The standard InChI is InChI=1S/C10H12ClNO/c1-3-7-4-5-8(11)9(6(2)13)10(7)12/h4-5H,3,12H2,1-2H3. The maximum atomic E-state index is 11.2. The van der Waals surface area contributed by atoms with Gasteiger partial charge < -0.3 is 5.73 Å². The molecule has 0 aliphatic heterocycles. The van der Waals surface area contributed by atoms with Crippen molar-refractivity contribution in [3.8, 4) is 0 Å². The van der Waals surface area contributed by atoms with Crippen molar-refractivity contribution in [3.05, 3.63) is 28.3 Å². The van der Waals surface area contributed by atoms with E-state index in [1.165, 1.54) is 6.92 Å². The highest BCUT2D eigenvalue weighted by atomic mass is 35.5. The Labute approximate surface area is 82.7 Å². The third-order valence-electron chi connectivity index (χ3n) is 2.02. The predicted octanol–water partition coefficient (Wildman–Crippen LogP) is 2.69.